The Balaban J connectivity index is 0.000000478. The predicted octanol–water partition coefficient (Wildman–Crippen LogP) is 1.69. The van der Waals surface area contributed by atoms with Crippen molar-refractivity contribution < 1.29 is 37.1 Å². The molecule has 1 aromatic heterocycles. The van der Waals surface area contributed by atoms with Crippen molar-refractivity contribution in [3.8, 4) is 17.2 Å². The van der Waals surface area contributed by atoms with Gasteiger partial charge in [0.2, 0.25) is 0 Å². The summed E-state index contributed by atoms with van der Waals surface area (Å²) in [5.41, 5.74) is 0.564. The molecule has 147 valence electrons. The summed E-state index contributed by atoms with van der Waals surface area (Å²) < 4.78 is 4.90. The summed E-state index contributed by atoms with van der Waals surface area (Å²) in [7, 11) is 1.40. The number of ether oxygens (including phenoxy) is 1. The van der Waals surface area contributed by atoms with Crippen LogP contribution < -0.4 is 14.9 Å². The van der Waals surface area contributed by atoms with Crippen molar-refractivity contribution in [2.24, 2.45) is 10.2 Å². The van der Waals surface area contributed by atoms with Crippen molar-refractivity contribution in [3.05, 3.63) is 84.2 Å². The largest absolute Gasteiger partial charge is 2.00 e. The average molecular weight is 427 g/mol. The van der Waals surface area contributed by atoms with Crippen LogP contribution in [-0.4, -0.2) is 29.3 Å². The van der Waals surface area contributed by atoms with E-state index in [-0.39, 0.29) is 45.4 Å². The van der Waals surface area contributed by atoms with Crippen LogP contribution >= 0.6 is 0 Å². The van der Waals surface area contributed by atoms with Crippen LogP contribution in [0.25, 0.3) is 0 Å². The van der Waals surface area contributed by atoms with Gasteiger partial charge in [0, 0.05) is 18.3 Å². The third kappa shape index (κ3) is 7.11. The second-order valence-electron chi connectivity index (χ2n) is 5.10. The molecule has 2 aromatic carbocycles. The molecule has 0 bridgehead atoms. The first-order valence-electron chi connectivity index (χ1n) is 7.88. The SMILES string of the molecule is COc1cccc(/C=N/N=C(\[O-])c2ccc(O)cc2)c1[O-].[Cu+2].c1ccncc1. The first-order valence-corrected chi connectivity index (χ1v) is 7.88. The Morgan fingerprint density at radius 3 is 2.25 bits per heavy atom. The minimum atomic E-state index is -0.568. The van der Waals surface area contributed by atoms with E-state index in [1.54, 1.807) is 30.6 Å². The van der Waals surface area contributed by atoms with Crippen molar-refractivity contribution in [1.82, 2.24) is 4.98 Å². The Hall–Kier alpha value is -3.35. The van der Waals surface area contributed by atoms with Gasteiger partial charge < -0.3 is 20.1 Å². The Morgan fingerprint density at radius 1 is 1.04 bits per heavy atom. The topological polar surface area (TPSA) is 113 Å². The molecule has 0 aliphatic carbocycles. The van der Waals surface area contributed by atoms with E-state index in [0.717, 1.165) is 0 Å². The molecular formula is C20H17CuN3O4. The molecule has 0 fully saturated rings. The fraction of sp³-hybridized carbons (Fsp3) is 0.0500. The van der Waals surface area contributed by atoms with Gasteiger partial charge in [0.15, 0.2) is 0 Å². The van der Waals surface area contributed by atoms with Crippen LogP contribution in [0.4, 0.5) is 0 Å². The van der Waals surface area contributed by atoms with Crippen molar-refractivity contribution in [2.45, 2.75) is 0 Å². The van der Waals surface area contributed by atoms with Crippen molar-refractivity contribution in [2.75, 3.05) is 7.11 Å². The number of aromatic hydroxyl groups is 1. The number of phenolic OH excluding ortho intramolecular Hbond substituents is 1. The minimum absolute atomic E-state index is 0. The fourth-order valence-electron chi connectivity index (χ4n) is 1.91. The van der Waals surface area contributed by atoms with E-state index in [1.807, 2.05) is 18.2 Å². The summed E-state index contributed by atoms with van der Waals surface area (Å²) in [4.78, 5) is 3.78. The molecule has 1 radical (unpaired) electrons. The zero-order valence-corrected chi connectivity index (χ0v) is 15.8. The molecule has 28 heavy (non-hydrogen) atoms. The van der Waals surface area contributed by atoms with E-state index in [1.165, 1.54) is 37.6 Å². The molecule has 0 saturated carbocycles. The molecule has 0 atom stereocenters. The number of hydrogen-bond acceptors (Lipinski definition) is 7. The maximum atomic E-state index is 11.8. The van der Waals surface area contributed by atoms with E-state index in [4.69, 9.17) is 9.84 Å². The maximum absolute atomic E-state index is 11.8. The molecular weight excluding hydrogens is 410 g/mol. The van der Waals surface area contributed by atoms with Gasteiger partial charge in [-0.2, -0.15) is 10.2 Å². The second-order valence-corrected chi connectivity index (χ2v) is 5.10. The van der Waals surface area contributed by atoms with E-state index in [2.05, 4.69) is 15.2 Å². The Bertz CT molecular complexity index is 874. The normalized spacial score (nSPS) is 10.5. The van der Waals surface area contributed by atoms with Crippen LogP contribution in [0.15, 0.2) is 83.3 Å². The number of nitrogens with zero attached hydrogens (tertiary/aromatic N) is 3. The van der Waals surface area contributed by atoms with Crippen molar-refractivity contribution in [3.63, 3.8) is 0 Å². The van der Waals surface area contributed by atoms with Crippen LogP contribution in [-0.2, 0) is 17.1 Å². The summed E-state index contributed by atoms with van der Waals surface area (Å²) in [6, 6.07) is 16.1. The zero-order chi connectivity index (χ0) is 19.5. The number of para-hydroxylation sites is 1. The molecule has 0 aliphatic heterocycles. The monoisotopic (exact) mass is 426 g/mol. The molecule has 0 saturated heterocycles. The molecule has 0 spiro atoms. The Kier molecular flexibility index (Phi) is 9.81. The van der Waals surface area contributed by atoms with Crippen LogP contribution in [0.5, 0.6) is 17.2 Å². The van der Waals surface area contributed by atoms with Crippen molar-refractivity contribution >= 4 is 12.1 Å². The number of hydrogen-bond donors (Lipinski definition) is 1. The standard InChI is InChI=1S/C15H14N2O4.C5H5N.Cu/c1-21-13-4-2-3-11(14(13)19)9-16-17-15(20)10-5-7-12(18)8-6-10;1-2-4-6-5-3-1;/h2-9,18-19H,1H3,(H,17,20);1-5H;/q;;+2/p-2/b16-9+;;. The summed E-state index contributed by atoms with van der Waals surface area (Å²) in [5.74, 6) is -0.635. The molecule has 1 heterocycles. The first kappa shape index (κ1) is 22.7. The van der Waals surface area contributed by atoms with Gasteiger partial charge >= 0.3 is 17.1 Å². The van der Waals surface area contributed by atoms with Gasteiger partial charge in [0.1, 0.15) is 11.5 Å². The number of rotatable bonds is 4. The molecule has 3 rings (SSSR count). The Morgan fingerprint density at radius 2 is 1.71 bits per heavy atom. The number of pyridine rings is 1. The van der Waals surface area contributed by atoms with Gasteiger partial charge in [-0.05, 0) is 41.5 Å². The predicted molar refractivity (Wildman–Crippen MR) is 98.9 cm³/mol. The first-order chi connectivity index (χ1) is 13.1. The summed E-state index contributed by atoms with van der Waals surface area (Å²) in [6.45, 7) is 0. The third-order valence-electron chi connectivity index (χ3n) is 3.26. The molecule has 0 unspecified atom stereocenters. The van der Waals surface area contributed by atoms with Crippen LogP contribution in [0.1, 0.15) is 11.1 Å². The van der Waals surface area contributed by atoms with E-state index < -0.39 is 5.90 Å². The maximum Gasteiger partial charge on any atom is 2.00 e. The third-order valence-corrected chi connectivity index (χ3v) is 3.26. The van der Waals surface area contributed by atoms with Crippen LogP contribution in [0.3, 0.4) is 0 Å². The molecule has 7 nitrogen and oxygen atoms in total. The zero-order valence-electron chi connectivity index (χ0n) is 14.8. The van der Waals surface area contributed by atoms with Gasteiger partial charge in [0.25, 0.3) is 0 Å². The van der Waals surface area contributed by atoms with Crippen LogP contribution in [0, 0.1) is 0 Å². The average Bonchev–Trinajstić information content (AvgIpc) is 2.71. The molecule has 3 aromatic rings. The number of methoxy groups -OCH3 is 1. The molecule has 8 heteroatoms. The summed E-state index contributed by atoms with van der Waals surface area (Å²) in [6.07, 6.45) is 4.70. The number of phenols is 1. The van der Waals surface area contributed by atoms with Gasteiger partial charge in [0.05, 0.1) is 13.3 Å². The number of aromatic nitrogens is 1. The molecule has 0 aliphatic rings. The van der Waals surface area contributed by atoms with Gasteiger partial charge in [-0.25, -0.2) is 0 Å². The number of benzene rings is 2. The van der Waals surface area contributed by atoms with E-state index in [0.29, 0.717) is 0 Å². The van der Waals surface area contributed by atoms with E-state index >= 15 is 0 Å². The van der Waals surface area contributed by atoms with Crippen molar-refractivity contribution in [1.29, 1.82) is 0 Å². The quantitative estimate of drug-likeness (QED) is 0.295. The van der Waals surface area contributed by atoms with Gasteiger partial charge in [-0.3, -0.25) is 4.98 Å². The minimum Gasteiger partial charge on any atom is -0.870 e. The van der Waals surface area contributed by atoms with Gasteiger partial charge in [-0.15, -0.1) is 0 Å². The molecule has 1 N–H and O–H groups in total. The molecule has 0 amide bonds. The van der Waals surface area contributed by atoms with Gasteiger partial charge in [-0.1, -0.05) is 36.1 Å². The Labute approximate surface area is 173 Å². The fourth-order valence-corrected chi connectivity index (χ4v) is 1.91. The van der Waals surface area contributed by atoms with E-state index in [9.17, 15) is 10.2 Å². The summed E-state index contributed by atoms with van der Waals surface area (Å²) >= 11 is 0. The van der Waals surface area contributed by atoms with Crippen LogP contribution in [0.2, 0.25) is 0 Å². The smallest absolute Gasteiger partial charge is 0.870 e. The summed E-state index contributed by atoms with van der Waals surface area (Å²) in [5, 5.41) is 39.7. The second kappa shape index (κ2) is 12.1.